The minimum absolute atomic E-state index is 0.0895. The number of carbonyl (C=O) groups is 2. The monoisotopic (exact) mass is 291 g/mol. The SMILES string of the molecule is C=C(C)C(=O)OCC1(CC)COC(=O)N1Br. The van der Waals surface area contributed by atoms with E-state index in [9.17, 15) is 9.59 Å². The first-order valence-corrected chi connectivity index (χ1v) is 5.59. The van der Waals surface area contributed by atoms with Crippen molar-refractivity contribution in [3.05, 3.63) is 12.2 Å². The molecule has 1 saturated heterocycles. The second-order valence-electron chi connectivity index (χ2n) is 3.77. The molecular weight excluding hydrogens is 278 g/mol. The van der Waals surface area contributed by atoms with Crippen LogP contribution in [0.3, 0.4) is 0 Å². The fraction of sp³-hybridized carbons (Fsp3) is 0.600. The van der Waals surface area contributed by atoms with Crippen LogP contribution in [0.2, 0.25) is 0 Å². The molecule has 0 N–H and O–H groups in total. The largest absolute Gasteiger partial charge is 0.460 e. The average Bonchev–Trinajstić information content (AvgIpc) is 2.54. The molecule has 0 bridgehead atoms. The van der Waals surface area contributed by atoms with Crippen LogP contribution in [-0.4, -0.2) is 34.7 Å². The van der Waals surface area contributed by atoms with Crippen molar-refractivity contribution in [3.63, 3.8) is 0 Å². The molecule has 1 heterocycles. The van der Waals surface area contributed by atoms with Crippen molar-refractivity contribution in [3.8, 4) is 0 Å². The molecule has 16 heavy (non-hydrogen) atoms. The normalized spacial score (nSPS) is 24.2. The summed E-state index contributed by atoms with van der Waals surface area (Å²) in [5.74, 6) is -0.465. The van der Waals surface area contributed by atoms with Gasteiger partial charge in [-0.2, -0.15) is 0 Å². The summed E-state index contributed by atoms with van der Waals surface area (Å²) >= 11 is 3.12. The number of carbonyl (C=O) groups excluding carboxylic acids is 2. The zero-order valence-electron chi connectivity index (χ0n) is 9.29. The Bertz CT molecular complexity index is 331. The van der Waals surface area contributed by atoms with Gasteiger partial charge in [0.15, 0.2) is 0 Å². The van der Waals surface area contributed by atoms with Gasteiger partial charge in [-0.05, 0) is 13.3 Å². The number of nitrogens with zero attached hydrogens (tertiary/aromatic N) is 1. The third-order valence-electron chi connectivity index (χ3n) is 2.52. The maximum absolute atomic E-state index is 11.3. The Hall–Kier alpha value is -1.04. The van der Waals surface area contributed by atoms with Gasteiger partial charge in [0.2, 0.25) is 0 Å². The lowest BCUT2D eigenvalue weighted by atomic mass is 10.00. The number of esters is 1. The molecule has 0 aromatic rings. The van der Waals surface area contributed by atoms with Crippen molar-refractivity contribution in [2.45, 2.75) is 25.8 Å². The molecule has 1 unspecified atom stereocenters. The Morgan fingerprint density at radius 2 is 2.38 bits per heavy atom. The van der Waals surface area contributed by atoms with Gasteiger partial charge in [0, 0.05) is 5.57 Å². The van der Waals surface area contributed by atoms with Crippen molar-refractivity contribution >= 4 is 28.2 Å². The average molecular weight is 292 g/mol. The van der Waals surface area contributed by atoms with Gasteiger partial charge in [-0.25, -0.2) is 13.5 Å². The van der Waals surface area contributed by atoms with E-state index in [2.05, 4.69) is 22.7 Å². The molecule has 1 fully saturated rings. The zero-order valence-corrected chi connectivity index (χ0v) is 10.9. The Balaban J connectivity index is 2.65. The predicted molar refractivity (Wildman–Crippen MR) is 60.9 cm³/mol. The van der Waals surface area contributed by atoms with Crippen LogP contribution in [0.5, 0.6) is 0 Å². The lowest BCUT2D eigenvalue weighted by molar-refractivity contribution is -0.141. The van der Waals surface area contributed by atoms with E-state index in [4.69, 9.17) is 9.47 Å². The first-order valence-electron chi connectivity index (χ1n) is 4.88. The smallest absolute Gasteiger partial charge is 0.420 e. The van der Waals surface area contributed by atoms with Gasteiger partial charge in [0.05, 0.1) is 16.1 Å². The molecule has 0 aliphatic carbocycles. The molecule has 0 saturated carbocycles. The van der Waals surface area contributed by atoms with Crippen LogP contribution in [0.4, 0.5) is 4.79 Å². The fourth-order valence-corrected chi connectivity index (χ4v) is 1.83. The van der Waals surface area contributed by atoms with Gasteiger partial charge >= 0.3 is 12.1 Å². The van der Waals surface area contributed by atoms with E-state index in [-0.39, 0.29) is 13.2 Å². The highest BCUT2D eigenvalue weighted by molar-refractivity contribution is 9.07. The van der Waals surface area contributed by atoms with Crippen molar-refractivity contribution in [2.24, 2.45) is 0 Å². The molecule has 5 nitrogen and oxygen atoms in total. The van der Waals surface area contributed by atoms with Gasteiger partial charge in [0.1, 0.15) is 18.8 Å². The van der Waals surface area contributed by atoms with Gasteiger partial charge < -0.3 is 9.47 Å². The van der Waals surface area contributed by atoms with E-state index in [0.29, 0.717) is 12.0 Å². The minimum Gasteiger partial charge on any atom is -0.460 e. The van der Waals surface area contributed by atoms with E-state index in [0.717, 1.165) is 0 Å². The molecule has 1 aliphatic heterocycles. The molecule has 1 aliphatic rings. The molecule has 1 amide bonds. The van der Waals surface area contributed by atoms with E-state index in [1.807, 2.05) is 6.92 Å². The summed E-state index contributed by atoms with van der Waals surface area (Å²) in [6.45, 7) is 7.25. The summed E-state index contributed by atoms with van der Waals surface area (Å²) in [5, 5.41) is 0. The Labute approximate surface area is 103 Å². The number of hydrogen-bond donors (Lipinski definition) is 0. The van der Waals surface area contributed by atoms with E-state index in [1.165, 1.54) is 3.93 Å². The van der Waals surface area contributed by atoms with Crippen LogP contribution >= 0.6 is 16.1 Å². The topological polar surface area (TPSA) is 55.8 Å². The molecule has 90 valence electrons. The highest BCUT2D eigenvalue weighted by Gasteiger charge is 2.46. The number of ether oxygens (including phenoxy) is 2. The summed E-state index contributed by atoms with van der Waals surface area (Å²) in [7, 11) is 0. The van der Waals surface area contributed by atoms with Crippen molar-refractivity contribution in [1.29, 1.82) is 0 Å². The van der Waals surface area contributed by atoms with Crippen LogP contribution in [0.1, 0.15) is 20.3 Å². The zero-order chi connectivity index (χ0) is 12.3. The molecule has 1 atom stereocenters. The summed E-state index contributed by atoms with van der Waals surface area (Å²) in [6, 6.07) is 0. The lowest BCUT2D eigenvalue weighted by Crippen LogP contribution is -2.45. The number of rotatable bonds is 4. The van der Waals surface area contributed by atoms with Crippen LogP contribution in [0.25, 0.3) is 0 Å². The number of cyclic esters (lactones) is 1. The van der Waals surface area contributed by atoms with Crippen LogP contribution in [-0.2, 0) is 14.3 Å². The lowest BCUT2D eigenvalue weighted by Gasteiger charge is -2.29. The molecule has 0 radical (unpaired) electrons. The van der Waals surface area contributed by atoms with Crippen LogP contribution in [0, 0.1) is 0 Å². The number of amides is 1. The second-order valence-corrected chi connectivity index (χ2v) is 4.48. The summed E-state index contributed by atoms with van der Waals surface area (Å²) in [6.07, 6.45) is 0.154. The van der Waals surface area contributed by atoms with E-state index >= 15 is 0 Å². The van der Waals surface area contributed by atoms with E-state index in [1.54, 1.807) is 6.92 Å². The summed E-state index contributed by atoms with van der Waals surface area (Å²) in [4.78, 5) is 22.5. The Kier molecular flexibility index (Phi) is 3.96. The predicted octanol–water partition coefficient (Wildman–Crippen LogP) is 2.02. The summed E-state index contributed by atoms with van der Waals surface area (Å²) in [5.41, 5.74) is -0.292. The molecule has 0 aromatic carbocycles. The molecule has 6 heteroatoms. The van der Waals surface area contributed by atoms with Gasteiger partial charge in [-0.3, -0.25) is 0 Å². The van der Waals surface area contributed by atoms with Crippen LogP contribution < -0.4 is 0 Å². The third kappa shape index (κ3) is 2.37. The van der Waals surface area contributed by atoms with Crippen LogP contribution in [0.15, 0.2) is 12.2 Å². The molecular formula is C10H14BrNO4. The molecule has 1 rings (SSSR count). The van der Waals surface area contributed by atoms with Gasteiger partial charge in [-0.1, -0.05) is 13.5 Å². The minimum atomic E-state index is -0.623. The van der Waals surface area contributed by atoms with Gasteiger partial charge in [0.25, 0.3) is 0 Å². The van der Waals surface area contributed by atoms with Crippen molar-refractivity contribution in [2.75, 3.05) is 13.2 Å². The number of hydrogen-bond acceptors (Lipinski definition) is 4. The van der Waals surface area contributed by atoms with Crippen molar-refractivity contribution < 1.29 is 19.1 Å². The van der Waals surface area contributed by atoms with Crippen molar-refractivity contribution in [1.82, 2.24) is 3.93 Å². The maximum Gasteiger partial charge on any atom is 0.420 e. The second kappa shape index (κ2) is 4.86. The summed E-state index contributed by atoms with van der Waals surface area (Å²) < 4.78 is 11.2. The Morgan fingerprint density at radius 3 is 2.75 bits per heavy atom. The first kappa shape index (κ1) is 13.0. The standard InChI is InChI=1S/C10H14BrNO4/c1-4-10(5-15-8(13)7(2)3)6-16-9(14)12(10)11/h2,4-6H2,1,3H3. The highest BCUT2D eigenvalue weighted by Crippen LogP contribution is 2.31. The van der Waals surface area contributed by atoms with Gasteiger partial charge in [-0.15, -0.1) is 0 Å². The first-order chi connectivity index (χ1) is 7.43. The maximum atomic E-state index is 11.3. The van der Waals surface area contributed by atoms with E-state index < -0.39 is 17.6 Å². The molecule has 0 spiro atoms. The molecule has 0 aromatic heterocycles. The quantitative estimate of drug-likeness (QED) is 0.452. The third-order valence-corrected chi connectivity index (χ3v) is 3.56. The fourth-order valence-electron chi connectivity index (χ4n) is 1.27. The Morgan fingerprint density at radius 1 is 1.75 bits per heavy atom. The highest BCUT2D eigenvalue weighted by atomic mass is 79.9. The number of halogens is 1.